The molecule has 2 aliphatic rings. The molecule has 1 aromatic heterocycles. The van der Waals surface area contributed by atoms with Crippen molar-refractivity contribution in [3.63, 3.8) is 0 Å². The molecule has 2 fully saturated rings. The predicted octanol–water partition coefficient (Wildman–Crippen LogP) is 4.04. The largest absolute Gasteiger partial charge is 0.497 e. The first-order valence-corrected chi connectivity index (χ1v) is 10.7. The summed E-state index contributed by atoms with van der Waals surface area (Å²) in [5.74, 6) is 2.12. The molecular weight excluding hydrogens is 392 g/mol. The van der Waals surface area contributed by atoms with E-state index in [9.17, 15) is 4.79 Å². The van der Waals surface area contributed by atoms with E-state index in [-0.39, 0.29) is 5.91 Å². The van der Waals surface area contributed by atoms with Crippen molar-refractivity contribution in [2.75, 3.05) is 38.8 Å². The lowest BCUT2D eigenvalue weighted by atomic mass is 10.1. The second kappa shape index (κ2) is 8.06. The van der Waals surface area contributed by atoms with Gasteiger partial charge >= 0.3 is 0 Å². The van der Waals surface area contributed by atoms with Crippen LogP contribution in [0, 0.1) is 5.92 Å². The lowest BCUT2D eigenvalue weighted by Gasteiger charge is -2.30. The van der Waals surface area contributed by atoms with E-state index in [2.05, 4.69) is 20.9 Å². The minimum absolute atomic E-state index is 0.0431. The molecular formula is C24H26N4O3. The molecule has 1 aliphatic carbocycles. The first-order chi connectivity index (χ1) is 15.1. The summed E-state index contributed by atoms with van der Waals surface area (Å²) in [7, 11) is 3.32. The topological polar surface area (TPSA) is 67.8 Å². The van der Waals surface area contributed by atoms with Gasteiger partial charge in [0.1, 0.15) is 17.2 Å². The van der Waals surface area contributed by atoms with Crippen LogP contribution < -0.4 is 14.4 Å². The Kier molecular flexibility index (Phi) is 5.10. The van der Waals surface area contributed by atoms with Gasteiger partial charge in [0.25, 0.3) is 5.91 Å². The van der Waals surface area contributed by atoms with Crippen molar-refractivity contribution in [3.05, 3.63) is 48.3 Å². The van der Waals surface area contributed by atoms with Gasteiger partial charge in [0.05, 0.1) is 31.4 Å². The van der Waals surface area contributed by atoms with E-state index >= 15 is 0 Å². The Morgan fingerprint density at radius 3 is 2.39 bits per heavy atom. The molecule has 160 valence electrons. The van der Waals surface area contributed by atoms with Crippen LogP contribution in [0.3, 0.4) is 0 Å². The highest BCUT2D eigenvalue weighted by Gasteiger charge is 2.27. The minimum atomic E-state index is -0.0431. The van der Waals surface area contributed by atoms with Crippen LogP contribution in [0.4, 0.5) is 11.4 Å². The van der Waals surface area contributed by atoms with E-state index in [0.717, 1.165) is 60.0 Å². The van der Waals surface area contributed by atoms with Crippen molar-refractivity contribution in [2.45, 2.75) is 19.3 Å². The molecule has 7 heteroatoms. The maximum Gasteiger partial charge on any atom is 0.274 e. The number of aromatic nitrogens is 2. The second-order valence-corrected chi connectivity index (χ2v) is 8.20. The first-order valence-electron chi connectivity index (χ1n) is 10.7. The Balaban J connectivity index is 1.54. The molecule has 2 aromatic carbocycles. The first kappa shape index (κ1) is 19.6. The third-order valence-electron chi connectivity index (χ3n) is 5.99. The maximum absolute atomic E-state index is 12.6. The van der Waals surface area contributed by atoms with Crippen LogP contribution in [0.25, 0.3) is 11.0 Å². The average molecular weight is 418 g/mol. The lowest BCUT2D eigenvalue weighted by molar-refractivity contribution is 0.0645. The number of benzene rings is 2. The highest BCUT2D eigenvalue weighted by molar-refractivity contribution is 5.94. The molecule has 0 unspecified atom stereocenters. The Labute approximate surface area is 181 Å². The fourth-order valence-corrected chi connectivity index (χ4v) is 3.82. The number of hydrogen-bond donors (Lipinski definition) is 0. The number of likely N-dealkylation sites (tertiary alicyclic amines) is 1. The van der Waals surface area contributed by atoms with E-state index in [0.29, 0.717) is 11.6 Å². The number of hydrogen-bond acceptors (Lipinski definition) is 6. The van der Waals surface area contributed by atoms with Gasteiger partial charge < -0.3 is 19.3 Å². The van der Waals surface area contributed by atoms with Gasteiger partial charge in [-0.15, -0.1) is 0 Å². The van der Waals surface area contributed by atoms with Crippen molar-refractivity contribution < 1.29 is 14.3 Å². The zero-order valence-electron chi connectivity index (χ0n) is 17.9. The average Bonchev–Trinajstić information content (AvgIpc) is 3.59. The number of nitrogens with zero attached hydrogens (tertiary/aromatic N) is 4. The highest BCUT2D eigenvalue weighted by Crippen LogP contribution is 2.38. The molecule has 1 aliphatic heterocycles. The van der Waals surface area contributed by atoms with Crippen LogP contribution in [0.2, 0.25) is 0 Å². The molecule has 2 heterocycles. The van der Waals surface area contributed by atoms with Gasteiger partial charge in [0.2, 0.25) is 0 Å². The fourth-order valence-electron chi connectivity index (χ4n) is 3.82. The zero-order chi connectivity index (χ0) is 21.4. The summed E-state index contributed by atoms with van der Waals surface area (Å²) in [6.07, 6.45) is 5.10. The number of anilines is 2. The third kappa shape index (κ3) is 4.00. The monoisotopic (exact) mass is 418 g/mol. The van der Waals surface area contributed by atoms with Gasteiger partial charge in [0.15, 0.2) is 0 Å². The Bertz CT molecular complexity index is 1100. The molecule has 0 N–H and O–H groups in total. The number of methoxy groups -OCH3 is 2. The standard InChI is InChI=1S/C24H26N4O3/c1-30-19-10-18(11-20(13-19)31-2)28(15-16-4-5-16)17-6-7-21-22(12-17)26-23(14-25-21)24(29)27-8-3-9-27/h6-7,10-14,16H,3-5,8-9,15H2,1-2H3. The van der Waals surface area contributed by atoms with E-state index in [1.54, 1.807) is 20.4 Å². The molecule has 5 rings (SSSR count). The summed E-state index contributed by atoms with van der Waals surface area (Å²) in [5.41, 5.74) is 3.92. The smallest absolute Gasteiger partial charge is 0.274 e. The number of amides is 1. The SMILES string of the molecule is COc1cc(OC)cc(N(CC2CC2)c2ccc3ncc(C(=O)N4CCC4)nc3c2)c1. The number of carbonyl (C=O) groups excluding carboxylic acids is 1. The Morgan fingerprint density at radius 1 is 1.03 bits per heavy atom. The molecule has 0 spiro atoms. The van der Waals surface area contributed by atoms with E-state index in [1.165, 1.54) is 12.8 Å². The van der Waals surface area contributed by atoms with Crippen molar-refractivity contribution >= 4 is 28.3 Å². The summed E-state index contributed by atoms with van der Waals surface area (Å²) in [4.78, 5) is 25.8. The van der Waals surface area contributed by atoms with Crippen LogP contribution >= 0.6 is 0 Å². The molecule has 0 radical (unpaired) electrons. The van der Waals surface area contributed by atoms with Crippen LogP contribution in [-0.2, 0) is 0 Å². The van der Waals surface area contributed by atoms with Crippen LogP contribution in [0.15, 0.2) is 42.6 Å². The quantitative estimate of drug-likeness (QED) is 0.577. The normalized spacial score (nSPS) is 15.5. The van der Waals surface area contributed by atoms with Crippen LogP contribution in [0.1, 0.15) is 29.8 Å². The van der Waals surface area contributed by atoms with E-state index < -0.39 is 0 Å². The summed E-state index contributed by atoms with van der Waals surface area (Å²) >= 11 is 0. The molecule has 0 bridgehead atoms. The van der Waals surface area contributed by atoms with Crippen molar-refractivity contribution in [3.8, 4) is 11.5 Å². The molecule has 1 amide bonds. The number of carbonyl (C=O) groups is 1. The number of fused-ring (bicyclic) bond motifs is 1. The predicted molar refractivity (Wildman–Crippen MR) is 119 cm³/mol. The van der Waals surface area contributed by atoms with E-state index in [4.69, 9.17) is 9.47 Å². The van der Waals surface area contributed by atoms with Crippen molar-refractivity contribution in [1.29, 1.82) is 0 Å². The van der Waals surface area contributed by atoms with E-state index in [1.807, 2.05) is 35.2 Å². The Morgan fingerprint density at radius 2 is 1.77 bits per heavy atom. The van der Waals surface area contributed by atoms with Crippen LogP contribution in [-0.4, -0.2) is 54.6 Å². The summed E-state index contributed by atoms with van der Waals surface area (Å²) in [5, 5.41) is 0. The summed E-state index contributed by atoms with van der Waals surface area (Å²) in [6, 6.07) is 12.0. The van der Waals surface area contributed by atoms with Gasteiger partial charge in [-0.25, -0.2) is 4.98 Å². The molecule has 0 atom stereocenters. The fraction of sp³-hybridized carbons (Fsp3) is 0.375. The van der Waals surface area contributed by atoms with Crippen molar-refractivity contribution in [2.24, 2.45) is 5.92 Å². The number of ether oxygens (including phenoxy) is 2. The number of rotatable bonds is 7. The second-order valence-electron chi connectivity index (χ2n) is 8.20. The third-order valence-corrected chi connectivity index (χ3v) is 5.99. The van der Waals surface area contributed by atoms with Crippen LogP contribution in [0.5, 0.6) is 11.5 Å². The zero-order valence-corrected chi connectivity index (χ0v) is 17.9. The van der Waals surface area contributed by atoms with Gasteiger partial charge in [0, 0.05) is 49.2 Å². The molecule has 31 heavy (non-hydrogen) atoms. The molecule has 1 saturated heterocycles. The maximum atomic E-state index is 12.6. The van der Waals surface area contributed by atoms with Gasteiger partial charge in [-0.3, -0.25) is 9.78 Å². The Hall–Kier alpha value is -3.35. The minimum Gasteiger partial charge on any atom is -0.497 e. The van der Waals surface area contributed by atoms with Crippen molar-refractivity contribution in [1.82, 2.24) is 14.9 Å². The van der Waals surface area contributed by atoms with Gasteiger partial charge in [-0.2, -0.15) is 0 Å². The molecule has 7 nitrogen and oxygen atoms in total. The van der Waals surface area contributed by atoms with Gasteiger partial charge in [-0.05, 0) is 43.4 Å². The summed E-state index contributed by atoms with van der Waals surface area (Å²) < 4.78 is 11.0. The lowest BCUT2D eigenvalue weighted by Crippen LogP contribution is -2.42. The molecule has 3 aromatic rings. The highest BCUT2D eigenvalue weighted by atomic mass is 16.5. The molecule has 1 saturated carbocycles. The van der Waals surface area contributed by atoms with Gasteiger partial charge in [-0.1, -0.05) is 0 Å². The summed E-state index contributed by atoms with van der Waals surface area (Å²) in [6.45, 7) is 2.50.